The quantitative estimate of drug-likeness (QED) is 0.783. The molecule has 4 heteroatoms. The number of aromatic nitrogens is 1. The molecule has 2 atom stereocenters. The number of fused-ring (bicyclic) bond motifs is 1. The molecular weight excluding hydrogens is 250 g/mol. The van der Waals surface area contributed by atoms with Crippen molar-refractivity contribution in [2.24, 2.45) is 5.92 Å². The first kappa shape index (κ1) is 13.0. The van der Waals surface area contributed by atoms with E-state index in [0.29, 0.717) is 17.6 Å². The molecule has 1 aliphatic heterocycles. The van der Waals surface area contributed by atoms with Gasteiger partial charge >= 0.3 is 0 Å². The number of benzene rings is 1. The molecule has 3 rings (SSSR count). The van der Waals surface area contributed by atoms with Gasteiger partial charge in [0.1, 0.15) is 0 Å². The van der Waals surface area contributed by atoms with Crippen molar-refractivity contribution in [3.05, 3.63) is 30.0 Å². The topological polar surface area (TPSA) is 62.1 Å². The van der Waals surface area contributed by atoms with Crippen LogP contribution in [0.1, 0.15) is 37.0 Å². The molecule has 0 aliphatic carbocycles. The average molecular weight is 271 g/mol. The Hall–Kier alpha value is -1.97. The highest BCUT2D eigenvalue weighted by Crippen LogP contribution is 2.27. The molecule has 20 heavy (non-hydrogen) atoms. The van der Waals surface area contributed by atoms with Crippen LogP contribution in [0.15, 0.2) is 24.4 Å². The summed E-state index contributed by atoms with van der Waals surface area (Å²) in [6, 6.07) is 5.93. The lowest BCUT2D eigenvalue weighted by molar-refractivity contribution is 0.0553. The van der Waals surface area contributed by atoms with Gasteiger partial charge in [-0.15, -0.1) is 0 Å². The van der Waals surface area contributed by atoms with E-state index in [1.54, 1.807) is 6.20 Å². The Bertz CT molecular complexity index is 646. The van der Waals surface area contributed by atoms with E-state index >= 15 is 0 Å². The van der Waals surface area contributed by atoms with Crippen LogP contribution in [0.3, 0.4) is 0 Å². The van der Waals surface area contributed by atoms with Crippen molar-refractivity contribution in [3.63, 3.8) is 0 Å². The van der Waals surface area contributed by atoms with Crippen molar-refractivity contribution < 1.29 is 4.79 Å². The zero-order valence-corrected chi connectivity index (χ0v) is 12.0. The number of nitrogens with one attached hydrogen (secondary N) is 1. The zero-order valence-electron chi connectivity index (χ0n) is 12.0. The molecule has 1 aliphatic rings. The predicted octanol–water partition coefficient (Wildman–Crippen LogP) is 3.01. The summed E-state index contributed by atoms with van der Waals surface area (Å²) in [6.45, 7) is 5.21. The number of likely N-dealkylation sites (tertiary alicyclic amines) is 1. The Kier molecular flexibility index (Phi) is 3.16. The smallest absolute Gasteiger partial charge is 0.256 e. The third-order valence-electron chi connectivity index (χ3n) is 4.57. The lowest BCUT2D eigenvalue weighted by atomic mass is 9.91. The maximum absolute atomic E-state index is 12.8. The fourth-order valence-electron chi connectivity index (χ4n) is 3.09. The molecular formula is C16H21N3O. The van der Waals surface area contributed by atoms with E-state index in [2.05, 4.69) is 18.8 Å². The van der Waals surface area contributed by atoms with Gasteiger partial charge in [0.05, 0.1) is 5.56 Å². The number of H-pyrrole nitrogens is 1. The lowest BCUT2D eigenvalue weighted by Gasteiger charge is -2.37. The second-order valence-corrected chi connectivity index (χ2v) is 5.87. The standard InChI is InChI=1S/C16H21N3O/c1-10-4-3-7-19(11(10)2)16(20)14-9-18-15-6-5-12(17)8-13(14)15/h5-6,8-11,18H,3-4,7,17H2,1-2H3. The Morgan fingerprint density at radius 3 is 3.00 bits per heavy atom. The van der Waals surface area contributed by atoms with Gasteiger partial charge in [-0.05, 0) is 43.9 Å². The van der Waals surface area contributed by atoms with Gasteiger partial charge in [0, 0.05) is 35.4 Å². The number of amides is 1. The first-order chi connectivity index (χ1) is 9.58. The molecule has 1 fully saturated rings. The number of rotatable bonds is 1. The number of nitrogen functional groups attached to an aromatic ring is 1. The van der Waals surface area contributed by atoms with E-state index in [0.717, 1.165) is 29.4 Å². The Morgan fingerprint density at radius 1 is 1.40 bits per heavy atom. The van der Waals surface area contributed by atoms with Crippen LogP contribution in [-0.2, 0) is 0 Å². The average Bonchev–Trinajstić information content (AvgIpc) is 2.84. The fourth-order valence-corrected chi connectivity index (χ4v) is 3.09. The number of aromatic amines is 1. The van der Waals surface area contributed by atoms with E-state index in [4.69, 9.17) is 5.73 Å². The largest absolute Gasteiger partial charge is 0.399 e. The van der Waals surface area contributed by atoms with Crippen LogP contribution in [0.4, 0.5) is 5.69 Å². The minimum absolute atomic E-state index is 0.112. The molecule has 1 aromatic carbocycles. The van der Waals surface area contributed by atoms with Crippen LogP contribution in [0, 0.1) is 5.92 Å². The van der Waals surface area contributed by atoms with Crippen LogP contribution in [-0.4, -0.2) is 28.4 Å². The molecule has 0 bridgehead atoms. The van der Waals surface area contributed by atoms with Gasteiger partial charge in [-0.1, -0.05) is 6.92 Å². The van der Waals surface area contributed by atoms with Crippen LogP contribution < -0.4 is 5.73 Å². The molecule has 1 amide bonds. The van der Waals surface area contributed by atoms with Crippen molar-refractivity contribution in [1.29, 1.82) is 0 Å². The van der Waals surface area contributed by atoms with Crippen molar-refractivity contribution in [2.45, 2.75) is 32.7 Å². The number of nitrogens with zero attached hydrogens (tertiary/aromatic N) is 1. The predicted molar refractivity (Wildman–Crippen MR) is 81.6 cm³/mol. The van der Waals surface area contributed by atoms with Gasteiger partial charge in [0.25, 0.3) is 5.91 Å². The number of hydrogen-bond donors (Lipinski definition) is 2. The molecule has 2 aromatic rings. The second-order valence-electron chi connectivity index (χ2n) is 5.87. The van der Waals surface area contributed by atoms with Crippen LogP contribution in [0.2, 0.25) is 0 Å². The zero-order chi connectivity index (χ0) is 14.3. The monoisotopic (exact) mass is 271 g/mol. The molecule has 4 nitrogen and oxygen atoms in total. The van der Waals surface area contributed by atoms with E-state index < -0.39 is 0 Å². The van der Waals surface area contributed by atoms with Crippen molar-refractivity contribution in [2.75, 3.05) is 12.3 Å². The summed E-state index contributed by atoms with van der Waals surface area (Å²) in [6.07, 6.45) is 4.09. The molecule has 0 saturated carbocycles. The van der Waals surface area contributed by atoms with Gasteiger partial charge in [-0.2, -0.15) is 0 Å². The Labute approximate surface area is 118 Å². The van der Waals surface area contributed by atoms with E-state index in [1.807, 2.05) is 23.1 Å². The molecule has 0 spiro atoms. The van der Waals surface area contributed by atoms with E-state index in [9.17, 15) is 4.79 Å². The van der Waals surface area contributed by atoms with Gasteiger partial charge < -0.3 is 15.6 Å². The maximum atomic E-state index is 12.8. The molecule has 1 aromatic heterocycles. The summed E-state index contributed by atoms with van der Waals surface area (Å²) in [7, 11) is 0. The van der Waals surface area contributed by atoms with Gasteiger partial charge in [-0.25, -0.2) is 0 Å². The molecule has 2 heterocycles. The first-order valence-electron chi connectivity index (χ1n) is 7.25. The highest BCUT2D eigenvalue weighted by molar-refractivity contribution is 6.07. The van der Waals surface area contributed by atoms with Gasteiger partial charge in [-0.3, -0.25) is 4.79 Å². The summed E-state index contributed by atoms with van der Waals surface area (Å²) < 4.78 is 0. The first-order valence-corrected chi connectivity index (χ1v) is 7.25. The molecule has 0 radical (unpaired) electrons. The van der Waals surface area contributed by atoms with Crippen molar-refractivity contribution in [3.8, 4) is 0 Å². The van der Waals surface area contributed by atoms with Gasteiger partial charge in [0.15, 0.2) is 0 Å². The highest BCUT2D eigenvalue weighted by atomic mass is 16.2. The van der Waals surface area contributed by atoms with Crippen LogP contribution in [0.25, 0.3) is 10.9 Å². The minimum atomic E-state index is 0.112. The van der Waals surface area contributed by atoms with E-state index in [1.165, 1.54) is 6.42 Å². The number of nitrogens with two attached hydrogens (primary N) is 1. The summed E-state index contributed by atoms with van der Waals surface area (Å²) in [4.78, 5) is 18.0. The van der Waals surface area contributed by atoms with Gasteiger partial charge in [0.2, 0.25) is 0 Å². The normalized spacial score (nSPS) is 23.2. The molecule has 1 saturated heterocycles. The van der Waals surface area contributed by atoms with Crippen molar-refractivity contribution >= 4 is 22.5 Å². The third kappa shape index (κ3) is 2.05. The summed E-state index contributed by atoms with van der Waals surface area (Å²) in [5.41, 5.74) is 8.22. The third-order valence-corrected chi connectivity index (χ3v) is 4.57. The Balaban J connectivity index is 1.98. The summed E-state index contributed by atoms with van der Waals surface area (Å²) in [5.74, 6) is 0.670. The number of hydrogen-bond acceptors (Lipinski definition) is 2. The Morgan fingerprint density at radius 2 is 2.20 bits per heavy atom. The number of anilines is 1. The summed E-state index contributed by atoms with van der Waals surface area (Å²) in [5, 5.41) is 0.917. The maximum Gasteiger partial charge on any atom is 0.256 e. The second kappa shape index (κ2) is 4.85. The summed E-state index contributed by atoms with van der Waals surface area (Å²) >= 11 is 0. The fraction of sp³-hybridized carbons (Fsp3) is 0.438. The van der Waals surface area contributed by atoms with Crippen molar-refractivity contribution in [1.82, 2.24) is 9.88 Å². The van der Waals surface area contributed by atoms with Crippen LogP contribution >= 0.6 is 0 Å². The minimum Gasteiger partial charge on any atom is -0.399 e. The lowest BCUT2D eigenvalue weighted by Crippen LogP contribution is -2.45. The number of carbonyl (C=O) groups is 1. The SMILES string of the molecule is CC1CCCN(C(=O)c2c[nH]c3ccc(N)cc23)C1C. The highest BCUT2D eigenvalue weighted by Gasteiger charge is 2.30. The molecule has 2 unspecified atom stereocenters. The molecule has 106 valence electrons. The molecule has 3 N–H and O–H groups in total. The number of carbonyl (C=O) groups excluding carboxylic acids is 1. The van der Waals surface area contributed by atoms with Crippen LogP contribution in [0.5, 0.6) is 0 Å². The number of piperidine rings is 1. The van der Waals surface area contributed by atoms with E-state index in [-0.39, 0.29) is 5.91 Å².